The number of nitrogens with two attached hydrogens (primary N) is 1. The van der Waals surface area contributed by atoms with Crippen LogP contribution < -0.4 is 21.1 Å². The van der Waals surface area contributed by atoms with Crippen LogP contribution >= 0.6 is 0 Å². The Kier molecular flexibility index (Phi) is 3.47. The summed E-state index contributed by atoms with van der Waals surface area (Å²) >= 11 is 0. The van der Waals surface area contributed by atoms with Crippen molar-refractivity contribution in [2.75, 3.05) is 18.5 Å². The van der Waals surface area contributed by atoms with E-state index in [9.17, 15) is 9.59 Å². The molecule has 2 rings (SSSR count). The van der Waals surface area contributed by atoms with Crippen LogP contribution in [0.4, 0.5) is 5.69 Å². The van der Waals surface area contributed by atoms with E-state index in [1.165, 1.54) is 0 Å². The molecule has 0 fully saturated rings. The first-order chi connectivity index (χ1) is 8.60. The smallest absolute Gasteiger partial charge is 0.262 e. The van der Waals surface area contributed by atoms with Crippen molar-refractivity contribution in [3.8, 4) is 5.75 Å². The first-order valence-electron chi connectivity index (χ1n) is 5.66. The number of hydrogen-bond donors (Lipinski definition) is 3. The predicted octanol–water partition coefficient (Wildman–Crippen LogP) is 0.153. The number of benzene rings is 1. The third-order valence-corrected chi connectivity index (χ3v) is 2.70. The second-order valence-electron chi connectivity index (χ2n) is 4.09. The standard InChI is InChI=1S/C12H15N3O3/c1-7(14-11(16)5-13)8-2-3-10-9(4-8)15-12(17)6-18-10/h2-4,7H,5-6,13H2,1H3,(H,14,16)(H,15,17). The fourth-order valence-corrected chi connectivity index (χ4v) is 1.75. The van der Waals surface area contributed by atoms with E-state index < -0.39 is 0 Å². The minimum absolute atomic E-state index is 0.0335. The lowest BCUT2D eigenvalue weighted by atomic mass is 10.1. The fourth-order valence-electron chi connectivity index (χ4n) is 1.75. The van der Waals surface area contributed by atoms with Gasteiger partial charge in [0.05, 0.1) is 18.3 Å². The topological polar surface area (TPSA) is 93.5 Å². The maximum Gasteiger partial charge on any atom is 0.262 e. The van der Waals surface area contributed by atoms with E-state index in [4.69, 9.17) is 10.5 Å². The van der Waals surface area contributed by atoms with Crippen molar-refractivity contribution in [1.29, 1.82) is 0 Å². The molecule has 0 aromatic heterocycles. The largest absolute Gasteiger partial charge is 0.482 e. The first-order valence-corrected chi connectivity index (χ1v) is 5.66. The van der Waals surface area contributed by atoms with Crippen molar-refractivity contribution in [3.05, 3.63) is 23.8 Å². The average Bonchev–Trinajstić information content (AvgIpc) is 2.37. The highest BCUT2D eigenvalue weighted by molar-refractivity contribution is 5.95. The lowest BCUT2D eigenvalue weighted by molar-refractivity contribution is -0.120. The van der Waals surface area contributed by atoms with Gasteiger partial charge in [-0.15, -0.1) is 0 Å². The van der Waals surface area contributed by atoms with Gasteiger partial charge >= 0.3 is 0 Å². The number of carbonyl (C=O) groups is 2. The van der Waals surface area contributed by atoms with Gasteiger partial charge < -0.3 is 21.1 Å². The Morgan fingerprint density at radius 3 is 3.11 bits per heavy atom. The van der Waals surface area contributed by atoms with E-state index in [0.717, 1.165) is 5.56 Å². The van der Waals surface area contributed by atoms with Crippen molar-refractivity contribution in [3.63, 3.8) is 0 Å². The molecule has 18 heavy (non-hydrogen) atoms. The zero-order valence-corrected chi connectivity index (χ0v) is 10.0. The number of nitrogens with one attached hydrogen (secondary N) is 2. The highest BCUT2D eigenvalue weighted by atomic mass is 16.5. The third kappa shape index (κ3) is 2.60. The SMILES string of the molecule is CC(NC(=O)CN)c1ccc2c(c1)NC(=O)CO2. The van der Waals surface area contributed by atoms with Crippen molar-refractivity contribution in [1.82, 2.24) is 5.32 Å². The molecular formula is C12H15N3O3. The molecule has 0 radical (unpaired) electrons. The number of anilines is 1. The Bertz CT molecular complexity index is 487. The summed E-state index contributed by atoms with van der Waals surface area (Å²) in [6.45, 7) is 1.84. The Morgan fingerprint density at radius 1 is 1.61 bits per heavy atom. The van der Waals surface area contributed by atoms with Crippen LogP contribution in [0.15, 0.2) is 18.2 Å². The van der Waals surface area contributed by atoms with Gasteiger partial charge in [-0.3, -0.25) is 9.59 Å². The molecule has 0 spiro atoms. The molecule has 1 aliphatic heterocycles. The van der Waals surface area contributed by atoms with E-state index in [1.54, 1.807) is 12.1 Å². The summed E-state index contributed by atoms with van der Waals surface area (Å²) in [4.78, 5) is 22.4. The minimum Gasteiger partial charge on any atom is -0.482 e. The van der Waals surface area contributed by atoms with E-state index in [0.29, 0.717) is 11.4 Å². The van der Waals surface area contributed by atoms with Gasteiger partial charge in [0, 0.05) is 0 Å². The molecule has 2 amide bonds. The quantitative estimate of drug-likeness (QED) is 0.711. The lowest BCUT2D eigenvalue weighted by Crippen LogP contribution is -2.32. The van der Waals surface area contributed by atoms with Crippen LogP contribution in [-0.4, -0.2) is 25.0 Å². The summed E-state index contributed by atoms with van der Waals surface area (Å²) < 4.78 is 5.25. The van der Waals surface area contributed by atoms with E-state index >= 15 is 0 Å². The van der Waals surface area contributed by atoms with Crippen molar-refractivity contribution in [2.24, 2.45) is 5.73 Å². The number of carbonyl (C=O) groups excluding carboxylic acids is 2. The first kappa shape index (κ1) is 12.4. The normalized spacial score (nSPS) is 15.1. The average molecular weight is 249 g/mol. The minimum atomic E-state index is -0.222. The molecule has 96 valence electrons. The van der Waals surface area contributed by atoms with Crippen molar-refractivity contribution in [2.45, 2.75) is 13.0 Å². The molecule has 4 N–H and O–H groups in total. The molecule has 0 saturated heterocycles. The molecule has 1 unspecified atom stereocenters. The van der Waals surface area contributed by atoms with Crippen LogP contribution in [0, 0.1) is 0 Å². The zero-order chi connectivity index (χ0) is 13.1. The van der Waals surface area contributed by atoms with Crippen LogP contribution in [-0.2, 0) is 9.59 Å². The molecule has 1 heterocycles. The summed E-state index contributed by atoms with van der Waals surface area (Å²) in [6.07, 6.45) is 0. The molecule has 1 aromatic carbocycles. The summed E-state index contributed by atoms with van der Waals surface area (Å²) in [5, 5.41) is 5.47. The molecule has 0 saturated carbocycles. The van der Waals surface area contributed by atoms with Crippen LogP contribution in [0.2, 0.25) is 0 Å². The predicted molar refractivity (Wildman–Crippen MR) is 66.2 cm³/mol. The van der Waals surface area contributed by atoms with Gasteiger partial charge in [-0.1, -0.05) is 6.07 Å². The van der Waals surface area contributed by atoms with Crippen LogP contribution in [0.5, 0.6) is 5.75 Å². The van der Waals surface area contributed by atoms with Gasteiger partial charge in [0.2, 0.25) is 5.91 Å². The molecule has 1 atom stereocenters. The van der Waals surface area contributed by atoms with Gasteiger partial charge in [0.1, 0.15) is 5.75 Å². The number of amides is 2. The van der Waals surface area contributed by atoms with Gasteiger partial charge in [0.15, 0.2) is 6.61 Å². The Hall–Kier alpha value is -2.08. The number of hydrogen-bond acceptors (Lipinski definition) is 4. The highest BCUT2D eigenvalue weighted by Gasteiger charge is 2.17. The van der Waals surface area contributed by atoms with Crippen LogP contribution in [0.3, 0.4) is 0 Å². The van der Waals surface area contributed by atoms with Gasteiger partial charge in [-0.25, -0.2) is 0 Å². The van der Waals surface area contributed by atoms with Crippen LogP contribution in [0.1, 0.15) is 18.5 Å². The zero-order valence-electron chi connectivity index (χ0n) is 10.0. The second-order valence-corrected chi connectivity index (χ2v) is 4.09. The fraction of sp³-hybridized carbons (Fsp3) is 0.333. The summed E-state index contributed by atoms with van der Waals surface area (Å²) in [7, 11) is 0. The monoisotopic (exact) mass is 249 g/mol. The summed E-state index contributed by atoms with van der Waals surface area (Å²) in [5.41, 5.74) is 6.74. The third-order valence-electron chi connectivity index (χ3n) is 2.70. The second kappa shape index (κ2) is 5.05. The van der Waals surface area contributed by atoms with Gasteiger partial charge in [-0.2, -0.15) is 0 Å². The number of fused-ring (bicyclic) bond motifs is 1. The maximum absolute atomic E-state index is 11.2. The molecule has 6 heteroatoms. The van der Waals surface area contributed by atoms with Crippen LogP contribution in [0.25, 0.3) is 0 Å². The summed E-state index contributed by atoms with van der Waals surface area (Å²) in [5.74, 6) is 0.231. The van der Waals surface area contributed by atoms with Gasteiger partial charge in [-0.05, 0) is 24.6 Å². The van der Waals surface area contributed by atoms with Crippen molar-refractivity contribution >= 4 is 17.5 Å². The lowest BCUT2D eigenvalue weighted by Gasteiger charge is -2.20. The molecule has 0 bridgehead atoms. The highest BCUT2D eigenvalue weighted by Crippen LogP contribution is 2.30. The molecule has 1 aliphatic rings. The van der Waals surface area contributed by atoms with E-state index in [-0.39, 0.29) is 31.0 Å². The Morgan fingerprint density at radius 2 is 2.39 bits per heavy atom. The van der Waals surface area contributed by atoms with Crippen molar-refractivity contribution < 1.29 is 14.3 Å². The Labute approximate surface area is 104 Å². The summed E-state index contributed by atoms with van der Waals surface area (Å²) in [6, 6.07) is 5.23. The molecular weight excluding hydrogens is 234 g/mol. The van der Waals surface area contributed by atoms with E-state index in [2.05, 4.69) is 10.6 Å². The van der Waals surface area contributed by atoms with Gasteiger partial charge in [0.25, 0.3) is 5.91 Å². The molecule has 1 aromatic rings. The number of ether oxygens (including phenoxy) is 1. The Balaban J connectivity index is 2.17. The number of rotatable bonds is 3. The maximum atomic E-state index is 11.2. The van der Waals surface area contributed by atoms with E-state index in [1.807, 2.05) is 13.0 Å². The molecule has 0 aliphatic carbocycles. The molecule has 6 nitrogen and oxygen atoms in total.